The number of hydrogen-bond donors (Lipinski definition) is 1. The van der Waals surface area contributed by atoms with Gasteiger partial charge in [0.25, 0.3) is 0 Å². The topological polar surface area (TPSA) is 24.9 Å². The average Bonchev–Trinajstić information content (AvgIpc) is 2.47. The van der Waals surface area contributed by atoms with Crippen LogP contribution in [0.1, 0.15) is 35.7 Å². The molecule has 0 spiro atoms. The van der Waals surface area contributed by atoms with Crippen molar-refractivity contribution in [3.63, 3.8) is 0 Å². The Morgan fingerprint density at radius 1 is 1.10 bits per heavy atom. The molecular formula is C16H15F3N2. The fourth-order valence-corrected chi connectivity index (χ4v) is 2.79. The highest BCUT2D eigenvalue weighted by molar-refractivity contribution is 5.54. The number of nitrogens with zero attached hydrogens (tertiary/aromatic N) is 1. The van der Waals surface area contributed by atoms with Gasteiger partial charge in [-0.3, -0.25) is 4.98 Å². The normalized spacial score (nSPS) is 18.1. The van der Waals surface area contributed by atoms with E-state index in [0.29, 0.717) is 0 Å². The van der Waals surface area contributed by atoms with Crippen molar-refractivity contribution >= 4 is 5.69 Å². The number of para-hydroxylation sites is 1. The SMILES string of the molecule is FC(F)(F)c1ccccc1NC1CCCc2cccnc21. The molecule has 1 heterocycles. The molecule has 1 aromatic heterocycles. The molecule has 1 N–H and O–H groups in total. The number of halogens is 3. The van der Waals surface area contributed by atoms with Crippen molar-refractivity contribution in [3.8, 4) is 0 Å². The van der Waals surface area contributed by atoms with Crippen LogP contribution in [0.2, 0.25) is 0 Å². The molecule has 0 radical (unpaired) electrons. The number of benzene rings is 1. The van der Waals surface area contributed by atoms with E-state index in [4.69, 9.17) is 0 Å². The van der Waals surface area contributed by atoms with Crippen molar-refractivity contribution in [1.29, 1.82) is 0 Å². The van der Waals surface area contributed by atoms with E-state index >= 15 is 0 Å². The van der Waals surface area contributed by atoms with E-state index in [1.165, 1.54) is 12.1 Å². The van der Waals surface area contributed by atoms with E-state index in [-0.39, 0.29) is 11.7 Å². The number of alkyl halides is 3. The minimum atomic E-state index is -4.36. The van der Waals surface area contributed by atoms with Gasteiger partial charge in [0, 0.05) is 11.9 Å². The number of pyridine rings is 1. The summed E-state index contributed by atoms with van der Waals surface area (Å²) in [5.74, 6) is 0. The minimum absolute atomic E-state index is 0.119. The summed E-state index contributed by atoms with van der Waals surface area (Å²) in [5.41, 5.74) is 1.47. The molecule has 0 bridgehead atoms. The van der Waals surface area contributed by atoms with Gasteiger partial charge in [-0.15, -0.1) is 0 Å². The third kappa shape index (κ3) is 2.86. The molecule has 1 aliphatic carbocycles. The molecule has 0 saturated heterocycles. The van der Waals surface area contributed by atoms with Crippen LogP contribution in [0.4, 0.5) is 18.9 Å². The largest absolute Gasteiger partial charge is 0.418 e. The molecule has 21 heavy (non-hydrogen) atoms. The maximum atomic E-state index is 13.0. The number of aromatic nitrogens is 1. The van der Waals surface area contributed by atoms with Crippen molar-refractivity contribution in [2.45, 2.75) is 31.5 Å². The summed E-state index contributed by atoms with van der Waals surface area (Å²) in [6.07, 6.45) is 0.00270. The maximum Gasteiger partial charge on any atom is 0.418 e. The van der Waals surface area contributed by atoms with Gasteiger partial charge in [0.15, 0.2) is 0 Å². The number of rotatable bonds is 2. The van der Waals surface area contributed by atoms with Crippen LogP contribution in [0.3, 0.4) is 0 Å². The number of nitrogens with one attached hydrogen (secondary N) is 1. The quantitative estimate of drug-likeness (QED) is 0.875. The van der Waals surface area contributed by atoms with Crippen LogP contribution >= 0.6 is 0 Å². The van der Waals surface area contributed by atoms with E-state index in [9.17, 15) is 13.2 Å². The van der Waals surface area contributed by atoms with E-state index in [0.717, 1.165) is 36.6 Å². The number of fused-ring (bicyclic) bond motifs is 1. The molecule has 2 aromatic rings. The summed E-state index contributed by atoms with van der Waals surface area (Å²) in [6.45, 7) is 0. The second-order valence-corrected chi connectivity index (χ2v) is 5.18. The Balaban J connectivity index is 1.92. The second kappa shape index (κ2) is 5.39. The molecule has 3 rings (SSSR count). The first-order valence-electron chi connectivity index (χ1n) is 6.92. The van der Waals surface area contributed by atoms with E-state index in [1.807, 2.05) is 12.1 Å². The van der Waals surface area contributed by atoms with Gasteiger partial charge in [0.1, 0.15) is 0 Å². The molecular weight excluding hydrogens is 277 g/mol. The Kier molecular flexibility index (Phi) is 3.57. The van der Waals surface area contributed by atoms with E-state index < -0.39 is 11.7 Å². The van der Waals surface area contributed by atoms with Crippen LogP contribution in [0, 0.1) is 0 Å². The lowest BCUT2D eigenvalue weighted by Gasteiger charge is -2.27. The summed E-state index contributed by atoms with van der Waals surface area (Å²) >= 11 is 0. The molecule has 0 aliphatic heterocycles. The second-order valence-electron chi connectivity index (χ2n) is 5.18. The maximum absolute atomic E-state index is 13.0. The Labute approximate surface area is 121 Å². The molecule has 1 aromatic carbocycles. The van der Waals surface area contributed by atoms with Crippen molar-refractivity contribution in [2.75, 3.05) is 5.32 Å². The molecule has 2 nitrogen and oxygen atoms in total. The zero-order chi connectivity index (χ0) is 14.9. The number of hydrogen-bond acceptors (Lipinski definition) is 2. The average molecular weight is 292 g/mol. The van der Waals surface area contributed by atoms with Crippen molar-refractivity contribution in [1.82, 2.24) is 4.98 Å². The summed E-state index contributed by atoms with van der Waals surface area (Å²) < 4.78 is 39.1. The number of anilines is 1. The van der Waals surface area contributed by atoms with Gasteiger partial charge in [-0.25, -0.2) is 0 Å². The van der Waals surface area contributed by atoms with Crippen molar-refractivity contribution in [3.05, 3.63) is 59.4 Å². The first-order chi connectivity index (χ1) is 10.1. The van der Waals surface area contributed by atoms with Gasteiger partial charge >= 0.3 is 6.18 Å². The van der Waals surface area contributed by atoms with Crippen LogP contribution in [-0.4, -0.2) is 4.98 Å². The van der Waals surface area contributed by atoms with Crippen molar-refractivity contribution < 1.29 is 13.2 Å². The Morgan fingerprint density at radius 2 is 1.90 bits per heavy atom. The fraction of sp³-hybridized carbons (Fsp3) is 0.312. The van der Waals surface area contributed by atoms with Crippen LogP contribution in [0.5, 0.6) is 0 Å². The lowest BCUT2D eigenvalue weighted by atomic mass is 9.91. The third-order valence-corrected chi connectivity index (χ3v) is 3.76. The monoisotopic (exact) mass is 292 g/mol. The van der Waals surface area contributed by atoms with Gasteiger partial charge in [0.05, 0.1) is 17.3 Å². The molecule has 110 valence electrons. The molecule has 5 heteroatoms. The van der Waals surface area contributed by atoms with Crippen LogP contribution < -0.4 is 5.32 Å². The number of aryl methyl sites for hydroxylation is 1. The lowest BCUT2D eigenvalue weighted by molar-refractivity contribution is -0.137. The first kappa shape index (κ1) is 13.9. The molecule has 1 atom stereocenters. The lowest BCUT2D eigenvalue weighted by Crippen LogP contribution is -2.20. The standard InChI is InChI=1S/C16H15F3N2/c17-16(18,19)12-7-1-2-8-13(12)21-14-9-3-5-11-6-4-10-20-15(11)14/h1-2,4,6-8,10,14,21H,3,5,9H2. The van der Waals surface area contributed by atoms with E-state index in [1.54, 1.807) is 12.3 Å². The molecule has 0 saturated carbocycles. The van der Waals surface area contributed by atoms with Crippen LogP contribution in [0.25, 0.3) is 0 Å². The fourth-order valence-electron chi connectivity index (χ4n) is 2.79. The predicted molar refractivity (Wildman–Crippen MR) is 75.0 cm³/mol. The highest BCUT2D eigenvalue weighted by Crippen LogP contribution is 2.38. The first-order valence-corrected chi connectivity index (χ1v) is 6.92. The molecule has 1 aliphatic rings. The van der Waals surface area contributed by atoms with Gasteiger partial charge in [0.2, 0.25) is 0 Å². The third-order valence-electron chi connectivity index (χ3n) is 3.76. The highest BCUT2D eigenvalue weighted by Gasteiger charge is 2.34. The Bertz CT molecular complexity index is 637. The summed E-state index contributed by atoms with van der Waals surface area (Å²) in [4.78, 5) is 4.34. The minimum Gasteiger partial charge on any atom is -0.376 e. The van der Waals surface area contributed by atoms with Crippen LogP contribution in [-0.2, 0) is 12.6 Å². The van der Waals surface area contributed by atoms with Crippen LogP contribution in [0.15, 0.2) is 42.6 Å². The smallest absolute Gasteiger partial charge is 0.376 e. The zero-order valence-corrected chi connectivity index (χ0v) is 11.3. The van der Waals surface area contributed by atoms with Gasteiger partial charge in [-0.2, -0.15) is 13.2 Å². The molecule has 0 amide bonds. The molecule has 1 unspecified atom stereocenters. The van der Waals surface area contributed by atoms with E-state index in [2.05, 4.69) is 10.3 Å². The zero-order valence-electron chi connectivity index (χ0n) is 11.3. The molecule has 0 fully saturated rings. The Morgan fingerprint density at radius 3 is 2.71 bits per heavy atom. The summed E-state index contributed by atoms with van der Waals surface area (Å²) in [7, 11) is 0. The van der Waals surface area contributed by atoms with Gasteiger partial charge < -0.3 is 5.32 Å². The van der Waals surface area contributed by atoms with Gasteiger partial charge in [-0.05, 0) is 43.0 Å². The van der Waals surface area contributed by atoms with Crippen molar-refractivity contribution in [2.24, 2.45) is 0 Å². The highest BCUT2D eigenvalue weighted by atomic mass is 19.4. The van der Waals surface area contributed by atoms with Gasteiger partial charge in [-0.1, -0.05) is 18.2 Å². The summed E-state index contributed by atoms with van der Waals surface area (Å²) in [6, 6.07) is 9.28. The summed E-state index contributed by atoms with van der Waals surface area (Å²) in [5, 5.41) is 3.03. The Hall–Kier alpha value is -2.04. The predicted octanol–water partition coefficient (Wildman–Crippen LogP) is 4.59.